The Bertz CT molecular complexity index is 780. The fraction of sp³-hybridized carbons (Fsp3) is 0.333. The quantitative estimate of drug-likeness (QED) is 0.849. The van der Waals surface area contributed by atoms with Crippen molar-refractivity contribution in [1.82, 2.24) is 5.32 Å². The summed E-state index contributed by atoms with van der Waals surface area (Å²) in [5.41, 5.74) is 2.83. The number of nitrogens with one attached hydrogen (secondary N) is 2. The number of ether oxygens (including phenoxy) is 1. The van der Waals surface area contributed by atoms with Crippen LogP contribution in [-0.4, -0.2) is 17.6 Å². The van der Waals surface area contributed by atoms with E-state index >= 15 is 0 Å². The number of carbonyl (C=O) groups is 2. The Morgan fingerprint density at radius 2 is 1.62 bits per heavy atom. The molecule has 0 spiro atoms. The lowest BCUT2D eigenvalue weighted by atomic mass is 10.0. The molecule has 5 heteroatoms. The molecule has 1 unspecified atom stereocenters. The number of carbonyl (C=O) groups excluding carboxylic acids is 2. The lowest BCUT2D eigenvalue weighted by Gasteiger charge is -2.24. The zero-order valence-corrected chi connectivity index (χ0v) is 15.9. The fourth-order valence-electron chi connectivity index (χ4n) is 2.46. The molecule has 2 amide bonds. The predicted octanol–water partition coefficient (Wildman–Crippen LogP) is 4.51. The van der Waals surface area contributed by atoms with Crippen molar-refractivity contribution in [3.05, 3.63) is 65.2 Å². The lowest BCUT2D eigenvalue weighted by molar-refractivity contribution is -0.118. The molecule has 138 valence electrons. The molecular formula is C21H26N2O3. The van der Waals surface area contributed by atoms with E-state index in [9.17, 15) is 9.59 Å². The lowest BCUT2D eigenvalue weighted by Crippen LogP contribution is -2.40. The third-order valence-electron chi connectivity index (χ3n) is 3.92. The molecule has 1 atom stereocenters. The van der Waals surface area contributed by atoms with Gasteiger partial charge in [-0.1, -0.05) is 42.5 Å². The van der Waals surface area contributed by atoms with Gasteiger partial charge in [-0.25, -0.2) is 4.79 Å². The molecule has 0 radical (unpaired) electrons. The summed E-state index contributed by atoms with van der Waals surface area (Å²) in [4.78, 5) is 25.1. The van der Waals surface area contributed by atoms with E-state index in [2.05, 4.69) is 10.6 Å². The summed E-state index contributed by atoms with van der Waals surface area (Å²) < 4.78 is 5.30. The second kappa shape index (κ2) is 8.04. The van der Waals surface area contributed by atoms with Crippen LogP contribution in [0, 0.1) is 13.8 Å². The Morgan fingerprint density at radius 3 is 2.23 bits per heavy atom. The third-order valence-corrected chi connectivity index (χ3v) is 3.92. The molecule has 0 saturated carbocycles. The molecule has 0 aliphatic heterocycles. The summed E-state index contributed by atoms with van der Waals surface area (Å²) in [7, 11) is 0. The summed E-state index contributed by atoms with van der Waals surface area (Å²) in [6, 6.07) is 14.0. The van der Waals surface area contributed by atoms with Gasteiger partial charge in [-0.05, 0) is 57.4 Å². The van der Waals surface area contributed by atoms with Crippen LogP contribution in [0.2, 0.25) is 0 Å². The van der Waals surface area contributed by atoms with E-state index in [1.54, 1.807) is 32.9 Å². The number of amides is 2. The standard InChI is InChI=1S/C21H26N2O3/c1-14-10-9-13-17(15(14)2)22-19(24)18(16-11-7-6-8-12-16)23-20(25)26-21(3,4)5/h6-13,18H,1-5H3,(H,22,24)(H,23,25). The van der Waals surface area contributed by atoms with Crippen LogP contribution in [0.3, 0.4) is 0 Å². The molecule has 0 aromatic heterocycles. The zero-order valence-electron chi connectivity index (χ0n) is 15.9. The zero-order chi connectivity index (χ0) is 19.3. The molecule has 0 aliphatic carbocycles. The highest BCUT2D eigenvalue weighted by atomic mass is 16.6. The van der Waals surface area contributed by atoms with Crippen molar-refractivity contribution in [3.8, 4) is 0 Å². The van der Waals surface area contributed by atoms with Crippen molar-refractivity contribution in [2.24, 2.45) is 0 Å². The summed E-state index contributed by atoms with van der Waals surface area (Å²) in [6.45, 7) is 9.27. The van der Waals surface area contributed by atoms with Crippen molar-refractivity contribution in [2.45, 2.75) is 46.3 Å². The van der Waals surface area contributed by atoms with Gasteiger partial charge in [-0.3, -0.25) is 4.79 Å². The van der Waals surface area contributed by atoms with Gasteiger partial charge in [0, 0.05) is 5.69 Å². The normalized spacial score (nSPS) is 12.2. The van der Waals surface area contributed by atoms with E-state index in [-0.39, 0.29) is 5.91 Å². The van der Waals surface area contributed by atoms with Crippen molar-refractivity contribution in [1.29, 1.82) is 0 Å². The molecule has 0 aliphatic rings. The topological polar surface area (TPSA) is 67.4 Å². The Morgan fingerprint density at radius 1 is 0.962 bits per heavy atom. The van der Waals surface area contributed by atoms with Crippen LogP contribution in [0.25, 0.3) is 0 Å². The Kier molecular flexibility index (Phi) is 6.03. The highest BCUT2D eigenvalue weighted by molar-refractivity contribution is 5.97. The number of benzene rings is 2. The molecular weight excluding hydrogens is 328 g/mol. The summed E-state index contributed by atoms with van der Waals surface area (Å²) >= 11 is 0. The third kappa shape index (κ3) is 5.34. The maximum absolute atomic E-state index is 12.9. The molecule has 2 rings (SSSR count). The first kappa shape index (κ1) is 19.5. The summed E-state index contributed by atoms with van der Waals surface area (Å²) in [5, 5.41) is 5.58. The van der Waals surface area contributed by atoms with Crippen LogP contribution in [0.15, 0.2) is 48.5 Å². The summed E-state index contributed by atoms with van der Waals surface area (Å²) in [5.74, 6) is -0.323. The first-order valence-corrected chi connectivity index (χ1v) is 8.59. The monoisotopic (exact) mass is 354 g/mol. The van der Waals surface area contributed by atoms with Crippen molar-refractivity contribution in [3.63, 3.8) is 0 Å². The highest BCUT2D eigenvalue weighted by Crippen LogP contribution is 2.21. The number of anilines is 1. The van der Waals surface area contributed by atoms with E-state index in [1.165, 1.54) is 0 Å². The average Bonchev–Trinajstić information content (AvgIpc) is 2.56. The average molecular weight is 354 g/mol. The number of alkyl carbamates (subject to hydrolysis) is 1. The molecule has 0 heterocycles. The van der Waals surface area contributed by atoms with E-state index in [0.29, 0.717) is 5.56 Å². The number of hydrogen-bond acceptors (Lipinski definition) is 3. The van der Waals surface area contributed by atoms with Crippen LogP contribution in [0.5, 0.6) is 0 Å². The fourth-order valence-corrected chi connectivity index (χ4v) is 2.46. The SMILES string of the molecule is Cc1cccc(NC(=O)C(NC(=O)OC(C)(C)C)c2ccccc2)c1C. The van der Waals surface area contributed by atoms with Crippen molar-refractivity contribution in [2.75, 3.05) is 5.32 Å². The smallest absolute Gasteiger partial charge is 0.408 e. The number of rotatable bonds is 4. The molecule has 2 N–H and O–H groups in total. The second-order valence-electron chi connectivity index (χ2n) is 7.23. The minimum atomic E-state index is -0.856. The largest absolute Gasteiger partial charge is 0.444 e. The van der Waals surface area contributed by atoms with Crippen LogP contribution in [-0.2, 0) is 9.53 Å². The first-order valence-electron chi connectivity index (χ1n) is 8.59. The van der Waals surface area contributed by atoms with Gasteiger partial charge in [0.05, 0.1) is 0 Å². The molecule has 0 fully saturated rings. The van der Waals surface area contributed by atoms with Gasteiger partial charge in [0.25, 0.3) is 5.91 Å². The van der Waals surface area contributed by atoms with E-state index < -0.39 is 17.7 Å². The highest BCUT2D eigenvalue weighted by Gasteiger charge is 2.26. The van der Waals surface area contributed by atoms with Crippen LogP contribution < -0.4 is 10.6 Å². The Balaban J connectivity index is 2.24. The van der Waals surface area contributed by atoms with Crippen LogP contribution in [0.4, 0.5) is 10.5 Å². The molecule has 5 nitrogen and oxygen atoms in total. The van der Waals surface area contributed by atoms with Gasteiger partial charge in [0.2, 0.25) is 0 Å². The minimum absolute atomic E-state index is 0.323. The number of hydrogen-bond donors (Lipinski definition) is 2. The maximum Gasteiger partial charge on any atom is 0.408 e. The molecule has 2 aromatic rings. The van der Waals surface area contributed by atoms with Gasteiger partial charge in [0.1, 0.15) is 11.6 Å². The number of aryl methyl sites for hydroxylation is 1. The predicted molar refractivity (Wildman–Crippen MR) is 103 cm³/mol. The minimum Gasteiger partial charge on any atom is -0.444 e. The molecule has 26 heavy (non-hydrogen) atoms. The van der Waals surface area contributed by atoms with Gasteiger partial charge in [0.15, 0.2) is 0 Å². The Labute approximate surface area is 154 Å². The second-order valence-corrected chi connectivity index (χ2v) is 7.23. The van der Waals surface area contributed by atoms with Crippen molar-refractivity contribution >= 4 is 17.7 Å². The molecule has 2 aromatic carbocycles. The van der Waals surface area contributed by atoms with E-state index in [4.69, 9.17) is 4.74 Å². The van der Waals surface area contributed by atoms with E-state index in [1.807, 2.05) is 50.2 Å². The van der Waals surface area contributed by atoms with Gasteiger partial charge in [-0.15, -0.1) is 0 Å². The maximum atomic E-state index is 12.9. The van der Waals surface area contributed by atoms with Crippen LogP contribution in [0.1, 0.15) is 43.5 Å². The van der Waals surface area contributed by atoms with Gasteiger partial charge < -0.3 is 15.4 Å². The van der Waals surface area contributed by atoms with Crippen molar-refractivity contribution < 1.29 is 14.3 Å². The summed E-state index contributed by atoms with van der Waals surface area (Å²) in [6.07, 6.45) is -0.637. The first-order chi connectivity index (χ1) is 12.2. The van der Waals surface area contributed by atoms with E-state index in [0.717, 1.165) is 16.8 Å². The molecule has 0 bridgehead atoms. The molecule has 0 saturated heterocycles. The Hall–Kier alpha value is -2.82. The van der Waals surface area contributed by atoms with Gasteiger partial charge >= 0.3 is 6.09 Å². The van der Waals surface area contributed by atoms with Gasteiger partial charge in [-0.2, -0.15) is 0 Å². The van der Waals surface area contributed by atoms with Crippen LogP contribution >= 0.6 is 0 Å².